The number of hydrogen-bond donors (Lipinski definition) is 0. The van der Waals surface area contributed by atoms with Crippen LogP contribution in [0.3, 0.4) is 0 Å². The predicted molar refractivity (Wildman–Crippen MR) is 108 cm³/mol. The van der Waals surface area contributed by atoms with Gasteiger partial charge in [0.05, 0.1) is 0 Å². The molecule has 0 radical (unpaired) electrons. The summed E-state index contributed by atoms with van der Waals surface area (Å²) in [6.07, 6.45) is 0. The molecule has 0 nitrogen and oxygen atoms in total. The highest BCUT2D eigenvalue weighted by Gasteiger charge is 2.33. The van der Waals surface area contributed by atoms with Crippen molar-refractivity contribution < 1.29 is 0 Å². The standard InChI is InChI=1S/C25H28/c1-19-13-12-18-22(24(2,3)20-14-8-6-9-15-20)23(19)25(4,5)21-16-10-7-11-17-21/h6-18H,1-5H3. The zero-order valence-corrected chi connectivity index (χ0v) is 16.0. The number of benzene rings is 3. The number of rotatable bonds is 4. The van der Waals surface area contributed by atoms with Gasteiger partial charge in [0.25, 0.3) is 0 Å². The Bertz CT molecular complexity index is 840. The fourth-order valence-corrected chi connectivity index (χ4v) is 4.03. The van der Waals surface area contributed by atoms with Crippen molar-refractivity contribution in [1.82, 2.24) is 0 Å². The van der Waals surface area contributed by atoms with E-state index in [0.29, 0.717) is 0 Å². The first-order chi connectivity index (χ1) is 11.8. The van der Waals surface area contributed by atoms with Crippen molar-refractivity contribution in [1.29, 1.82) is 0 Å². The second kappa shape index (κ2) is 6.52. The van der Waals surface area contributed by atoms with Crippen molar-refractivity contribution in [2.45, 2.75) is 45.4 Å². The van der Waals surface area contributed by atoms with Gasteiger partial charge in [-0.15, -0.1) is 0 Å². The van der Waals surface area contributed by atoms with Crippen LogP contribution in [0.1, 0.15) is 55.5 Å². The molecule has 3 aromatic rings. The highest BCUT2D eigenvalue weighted by atomic mass is 14.4. The summed E-state index contributed by atoms with van der Waals surface area (Å²) < 4.78 is 0. The Kier molecular flexibility index (Phi) is 4.56. The fourth-order valence-electron chi connectivity index (χ4n) is 4.03. The van der Waals surface area contributed by atoms with E-state index in [4.69, 9.17) is 0 Å². The predicted octanol–water partition coefficient (Wildman–Crippen LogP) is 6.65. The fraction of sp³-hybridized carbons (Fsp3) is 0.280. The van der Waals surface area contributed by atoms with Crippen LogP contribution in [0.15, 0.2) is 78.9 Å². The van der Waals surface area contributed by atoms with Crippen LogP contribution >= 0.6 is 0 Å². The number of aryl methyl sites for hydroxylation is 1. The summed E-state index contributed by atoms with van der Waals surface area (Å²) in [6, 6.07) is 28.4. The third-order valence-electron chi connectivity index (χ3n) is 5.56. The molecule has 0 aliphatic carbocycles. The quantitative estimate of drug-likeness (QED) is 0.503. The molecule has 0 aliphatic rings. The maximum atomic E-state index is 2.34. The van der Waals surface area contributed by atoms with Crippen LogP contribution in [0.2, 0.25) is 0 Å². The van der Waals surface area contributed by atoms with Crippen LogP contribution in [0.4, 0.5) is 0 Å². The molecule has 0 saturated heterocycles. The van der Waals surface area contributed by atoms with Crippen molar-refractivity contribution >= 4 is 0 Å². The van der Waals surface area contributed by atoms with Crippen molar-refractivity contribution in [3.63, 3.8) is 0 Å². The van der Waals surface area contributed by atoms with Gasteiger partial charge in [0.15, 0.2) is 0 Å². The minimum Gasteiger partial charge on any atom is -0.0622 e. The first kappa shape index (κ1) is 17.5. The first-order valence-corrected chi connectivity index (χ1v) is 9.07. The Morgan fingerprint density at radius 2 is 1.00 bits per heavy atom. The average molecular weight is 328 g/mol. The maximum Gasteiger partial charge on any atom is 0.0152 e. The molecule has 0 spiro atoms. The molecule has 0 fully saturated rings. The van der Waals surface area contributed by atoms with E-state index in [1.54, 1.807) is 0 Å². The molecule has 25 heavy (non-hydrogen) atoms. The van der Waals surface area contributed by atoms with Crippen molar-refractivity contribution in [3.8, 4) is 0 Å². The van der Waals surface area contributed by atoms with E-state index in [2.05, 4.69) is 113 Å². The van der Waals surface area contributed by atoms with E-state index in [0.717, 1.165) is 0 Å². The lowest BCUT2D eigenvalue weighted by Crippen LogP contribution is -2.29. The lowest BCUT2D eigenvalue weighted by atomic mass is 9.67. The zero-order chi connectivity index (χ0) is 18.1. The van der Waals surface area contributed by atoms with E-state index in [1.807, 2.05) is 0 Å². The Balaban J connectivity index is 2.23. The first-order valence-electron chi connectivity index (χ1n) is 9.07. The highest BCUT2D eigenvalue weighted by molar-refractivity contribution is 5.52. The smallest absolute Gasteiger partial charge is 0.0152 e. The van der Waals surface area contributed by atoms with Gasteiger partial charge in [0, 0.05) is 10.8 Å². The average Bonchev–Trinajstić information content (AvgIpc) is 2.63. The van der Waals surface area contributed by atoms with E-state index >= 15 is 0 Å². The molecule has 0 amide bonds. The summed E-state index contributed by atoms with van der Waals surface area (Å²) in [4.78, 5) is 0. The topological polar surface area (TPSA) is 0 Å². The zero-order valence-electron chi connectivity index (χ0n) is 16.0. The molecule has 0 N–H and O–H groups in total. The molecule has 0 unspecified atom stereocenters. The Morgan fingerprint density at radius 1 is 0.520 bits per heavy atom. The van der Waals surface area contributed by atoms with E-state index in [9.17, 15) is 0 Å². The Morgan fingerprint density at radius 3 is 1.52 bits per heavy atom. The highest BCUT2D eigenvalue weighted by Crippen LogP contribution is 2.42. The molecular formula is C25H28. The van der Waals surface area contributed by atoms with Gasteiger partial charge in [-0.1, -0.05) is 107 Å². The van der Waals surface area contributed by atoms with Gasteiger partial charge in [-0.2, -0.15) is 0 Å². The SMILES string of the molecule is Cc1cccc(C(C)(C)c2ccccc2)c1C(C)(C)c1ccccc1. The molecule has 0 bridgehead atoms. The molecular weight excluding hydrogens is 300 g/mol. The van der Waals surface area contributed by atoms with Crippen LogP contribution in [-0.4, -0.2) is 0 Å². The lowest BCUT2D eigenvalue weighted by molar-refractivity contribution is 0.575. The Labute approximate surface area is 152 Å². The molecule has 0 heteroatoms. The summed E-state index contributed by atoms with van der Waals surface area (Å²) in [6.45, 7) is 11.6. The second-order valence-corrected chi connectivity index (χ2v) is 7.98. The maximum absolute atomic E-state index is 2.34. The second-order valence-electron chi connectivity index (χ2n) is 7.98. The number of hydrogen-bond acceptors (Lipinski definition) is 0. The third kappa shape index (κ3) is 3.14. The Hall–Kier alpha value is -2.34. The summed E-state index contributed by atoms with van der Waals surface area (Å²) in [5.74, 6) is 0. The summed E-state index contributed by atoms with van der Waals surface area (Å²) in [5.41, 5.74) is 6.82. The molecule has 0 saturated carbocycles. The van der Waals surface area contributed by atoms with Gasteiger partial charge in [-0.25, -0.2) is 0 Å². The van der Waals surface area contributed by atoms with E-state index in [1.165, 1.54) is 27.8 Å². The van der Waals surface area contributed by atoms with Gasteiger partial charge in [0.2, 0.25) is 0 Å². The minimum absolute atomic E-state index is 0.0470. The monoisotopic (exact) mass is 328 g/mol. The lowest BCUT2D eigenvalue weighted by Gasteiger charge is -2.36. The molecule has 0 aromatic heterocycles. The van der Waals surface area contributed by atoms with Crippen LogP contribution in [0.25, 0.3) is 0 Å². The van der Waals surface area contributed by atoms with Gasteiger partial charge in [0.1, 0.15) is 0 Å². The van der Waals surface area contributed by atoms with Crippen molar-refractivity contribution in [2.24, 2.45) is 0 Å². The molecule has 0 heterocycles. The van der Waals surface area contributed by atoms with Crippen LogP contribution < -0.4 is 0 Å². The van der Waals surface area contributed by atoms with Gasteiger partial charge < -0.3 is 0 Å². The van der Waals surface area contributed by atoms with Crippen LogP contribution in [0, 0.1) is 6.92 Å². The van der Waals surface area contributed by atoms with Crippen LogP contribution in [0.5, 0.6) is 0 Å². The minimum atomic E-state index is -0.0476. The molecule has 0 atom stereocenters. The molecule has 0 aliphatic heterocycles. The van der Waals surface area contributed by atoms with E-state index < -0.39 is 0 Å². The van der Waals surface area contributed by atoms with Gasteiger partial charge in [-0.05, 0) is 34.7 Å². The third-order valence-corrected chi connectivity index (χ3v) is 5.56. The van der Waals surface area contributed by atoms with E-state index in [-0.39, 0.29) is 10.8 Å². The van der Waals surface area contributed by atoms with Crippen molar-refractivity contribution in [3.05, 3.63) is 107 Å². The largest absolute Gasteiger partial charge is 0.0622 e. The summed E-state index contributed by atoms with van der Waals surface area (Å²) >= 11 is 0. The normalized spacial score (nSPS) is 12.2. The molecule has 3 aromatic carbocycles. The van der Waals surface area contributed by atoms with Crippen molar-refractivity contribution in [2.75, 3.05) is 0 Å². The van der Waals surface area contributed by atoms with Crippen LogP contribution in [-0.2, 0) is 10.8 Å². The van der Waals surface area contributed by atoms with Gasteiger partial charge >= 0.3 is 0 Å². The molecule has 3 rings (SSSR count). The summed E-state index contributed by atoms with van der Waals surface area (Å²) in [5, 5.41) is 0. The van der Waals surface area contributed by atoms with Gasteiger partial charge in [-0.3, -0.25) is 0 Å². The summed E-state index contributed by atoms with van der Waals surface area (Å²) in [7, 11) is 0. The molecule has 128 valence electrons.